The lowest BCUT2D eigenvalue weighted by Crippen LogP contribution is -2.58. The summed E-state index contributed by atoms with van der Waals surface area (Å²) in [6.07, 6.45) is 2.87. The molecule has 184 valence electrons. The number of ether oxygens (including phenoxy) is 1. The average molecular weight is 498 g/mol. The fraction of sp³-hybridized carbons (Fsp3) is 0.375. The van der Waals surface area contributed by atoms with Gasteiger partial charge in [-0.25, -0.2) is 22.2 Å². The number of benzene rings is 1. The Hall–Kier alpha value is -3.60. The molecule has 2 amide bonds. The zero-order valence-corrected chi connectivity index (χ0v) is 20.8. The van der Waals surface area contributed by atoms with Crippen LogP contribution < -0.4 is 10.2 Å². The molecule has 2 aliphatic rings. The smallest absolute Gasteiger partial charge is 0.410 e. The van der Waals surface area contributed by atoms with Gasteiger partial charge in [-0.15, -0.1) is 0 Å². The quantitative estimate of drug-likeness (QED) is 0.579. The summed E-state index contributed by atoms with van der Waals surface area (Å²) in [6, 6.07) is 9.81. The molecule has 0 bridgehead atoms. The number of hydrogen-bond acceptors (Lipinski definition) is 7. The second kappa shape index (κ2) is 7.70. The molecular formula is C24H27N5O5S. The van der Waals surface area contributed by atoms with E-state index in [0.717, 1.165) is 3.97 Å². The van der Waals surface area contributed by atoms with Crippen molar-refractivity contribution in [3.63, 3.8) is 0 Å². The topological polar surface area (TPSA) is 114 Å². The molecule has 2 aliphatic heterocycles. The molecule has 0 aliphatic carbocycles. The number of anilines is 2. The van der Waals surface area contributed by atoms with E-state index in [9.17, 15) is 18.0 Å². The van der Waals surface area contributed by atoms with Crippen LogP contribution in [-0.4, -0.2) is 65.6 Å². The number of hydrogen-bond donors (Lipinski definition) is 1. The predicted molar refractivity (Wildman–Crippen MR) is 131 cm³/mol. The molecule has 1 unspecified atom stereocenters. The lowest BCUT2D eigenvalue weighted by atomic mass is 9.92. The van der Waals surface area contributed by atoms with E-state index in [1.165, 1.54) is 34.3 Å². The molecule has 0 radical (unpaired) electrons. The van der Waals surface area contributed by atoms with Crippen LogP contribution in [0.25, 0.3) is 11.0 Å². The van der Waals surface area contributed by atoms with Gasteiger partial charge in [-0.05, 0) is 45.4 Å². The fourth-order valence-electron chi connectivity index (χ4n) is 4.63. The van der Waals surface area contributed by atoms with Crippen LogP contribution in [0.5, 0.6) is 0 Å². The maximum absolute atomic E-state index is 13.4. The molecule has 11 heteroatoms. The molecule has 1 atom stereocenters. The average Bonchev–Trinajstić information content (AvgIpc) is 3.43. The normalized spacial score (nSPS) is 20.3. The molecule has 3 aromatic rings. The molecule has 1 spiro atoms. The van der Waals surface area contributed by atoms with E-state index in [1.54, 1.807) is 52.1 Å². The zero-order chi connectivity index (χ0) is 25.2. The maximum atomic E-state index is 13.4. The minimum atomic E-state index is -3.86. The van der Waals surface area contributed by atoms with Crippen molar-refractivity contribution in [1.82, 2.24) is 13.9 Å². The monoisotopic (exact) mass is 497 g/mol. The summed E-state index contributed by atoms with van der Waals surface area (Å²) in [7, 11) is -2.20. The van der Waals surface area contributed by atoms with Crippen molar-refractivity contribution in [3.8, 4) is 0 Å². The summed E-state index contributed by atoms with van der Waals surface area (Å²) in [6.45, 7) is 5.87. The van der Waals surface area contributed by atoms with E-state index in [0.29, 0.717) is 29.7 Å². The van der Waals surface area contributed by atoms with Crippen LogP contribution in [0.3, 0.4) is 0 Å². The Morgan fingerprint density at radius 2 is 1.89 bits per heavy atom. The molecule has 2 aromatic heterocycles. The van der Waals surface area contributed by atoms with Crippen LogP contribution in [0.2, 0.25) is 0 Å². The number of nitrogens with one attached hydrogen (secondary N) is 1. The largest absolute Gasteiger partial charge is 0.444 e. The Balaban J connectivity index is 1.54. The number of carbonyl (C=O) groups excluding carboxylic acids is 2. The Kier molecular flexibility index (Phi) is 5.10. The summed E-state index contributed by atoms with van der Waals surface area (Å²) in [4.78, 5) is 33.6. The number of likely N-dealkylation sites (tertiary alicyclic amines) is 1. The number of pyridine rings is 1. The van der Waals surface area contributed by atoms with E-state index in [1.807, 2.05) is 0 Å². The number of nitrogens with zero attached hydrogens (tertiary/aromatic N) is 4. The minimum Gasteiger partial charge on any atom is -0.444 e. The number of likely N-dealkylation sites (N-methyl/N-ethyl adjacent to an activating group) is 1. The van der Waals surface area contributed by atoms with Crippen LogP contribution in [0.15, 0.2) is 53.7 Å². The molecule has 5 rings (SSSR count). The standard InChI is InChI=1S/C24H27N5O5S/c1-23(2,3)34-22(31)28-13-11-24(15-28)21(30)27(4)18-14-25-20-17(19(18)26-24)10-12-29(20)35(32,33)16-8-6-5-7-9-16/h5-10,12,14,26H,11,13,15H2,1-4H3. The molecule has 1 aromatic carbocycles. The molecule has 0 saturated carbocycles. The Bertz CT molecular complexity index is 1440. The number of carbonyl (C=O) groups is 2. The van der Waals surface area contributed by atoms with Crippen molar-refractivity contribution in [1.29, 1.82) is 0 Å². The first kappa shape index (κ1) is 23.2. The summed E-state index contributed by atoms with van der Waals surface area (Å²) in [5.41, 5.74) is -0.303. The van der Waals surface area contributed by atoms with Gasteiger partial charge in [-0.2, -0.15) is 0 Å². The summed E-state index contributed by atoms with van der Waals surface area (Å²) in [5, 5.41) is 3.93. The van der Waals surface area contributed by atoms with Gasteiger partial charge < -0.3 is 19.9 Å². The van der Waals surface area contributed by atoms with Gasteiger partial charge in [0.15, 0.2) is 5.65 Å². The van der Waals surface area contributed by atoms with E-state index >= 15 is 0 Å². The van der Waals surface area contributed by atoms with Gasteiger partial charge in [0.1, 0.15) is 11.1 Å². The Morgan fingerprint density at radius 1 is 1.17 bits per heavy atom. The van der Waals surface area contributed by atoms with Gasteiger partial charge in [0.05, 0.1) is 29.0 Å². The third-order valence-corrected chi connectivity index (χ3v) is 8.00. The fourth-order valence-corrected chi connectivity index (χ4v) is 5.95. The first-order valence-electron chi connectivity index (χ1n) is 11.3. The highest BCUT2D eigenvalue weighted by Crippen LogP contribution is 2.43. The van der Waals surface area contributed by atoms with Crippen LogP contribution in [0.1, 0.15) is 27.2 Å². The molecule has 4 heterocycles. The minimum absolute atomic E-state index is 0.136. The van der Waals surface area contributed by atoms with Crippen LogP contribution in [-0.2, 0) is 19.6 Å². The van der Waals surface area contributed by atoms with Crippen LogP contribution in [0.4, 0.5) is 16.2 Å². The molecule has 10 nitrogen and oxygen atoms in total. The van der Waals surface area contributed by atoms with Gasteiger partial charge >= 0.3 is 6.09 Å². The van der Waals surface area contributed by atoms with E-state index in [2.05, 4.69) is 10.3 Å². The number of aromatic nitrogens is 2. The molecule has 1 saturated heterocycles. The van der Waals surface area contributed by atoms with Gasteiger partial charge in [0.2, 0.25) is 0 Å². The SMILES string of the molecule is CN1C(=O)C2(CCN(C(=O)OC(C)(C)C)C2)Nc2c1cnc1c2ccn1S(=O)(=O)c1ccccc1. The molecular weight excluding hydrogens is 470 g/mol. The number of rotatable bonds is 2. The van der Waals surface area contributed by atoms with Gasteiger partial charge in [-0.3, -0.25) is 4.79 Å². The van der Waals surface area contributed by atoms with Crippen molar-refractivity contribution >= 4 is 44.4 Å². The third kappa shape index (κ3) is 3.70. The lowest BCUT2D eigenvalue weighted by molar-refractivity contribution is -0.122. The van der Waals surface area contributed by atoms with E-state index < -0.39 is 27.3 Å². The highest BCUT2D eigenvalue weighted by molar-refractivity contribution is 7.90. The Labute approximate surface area is 203 Å². The highest BCUT2D eigenvalue weighted by atomic mass is 32.2. The first-order chi connectivity index (χ1) is 16.4. The Morgan fingerprint density at radius 3 is 2.57 bits per heavy atom. The molecule has 35 heavy (non-hydrogen) atoms. The van der Waals surface area contributed by atoms with Crippen LogP contribution in [0, 0.1) is 0 Å². The first-order valence-corrected chi connectivity index (χ1v) is 12.7. The number of fused-ring (bicyclic) bond motifs is 3. The molecule has 1 fully saturated rings. The van der Waals surface area contributed by atoms with E-state index in [-0.39, 0.29) is 23.0 Å². The predicted octanol–water partition coefficient (Wildman–Crippen LogP) is 3.04. The second-order valence-electron chi connectivity index (χ2n) is 9.91. The van der Waals surface area contributed by atoms with Crippen molar-refractivity contribution in [2.45, 2.75) is 43.2 Å². The summed E-state index contributed by atoms with van der Waals surface area (Å²) >= 11 is 0. The van der Waals surface area contributed by atoms with Gasteiger partial charge in [-0.1, -0.05) is 18.2 Å². The van der Waals surface area contributed by atoms with Crippen molar-refractivity contribution in [2.75, 3.05) is 30.4 Å². The third-order valence-electron chi connectivity index (χ3n) is 6.32. The van der Waals surface area contributed by atoms with Crippen molar-refractivity contribution < 1.29 is 22.7 Å². The lowest BCUT2D eigenvalue weighted by Gasteiger charge is -2.40. The van der Waals surface area contributed by atoms with Crippen LogP contribution >= 0.6 is 0 Å². The van der Waals surface area contributed by atoms with Gasteiger partial charge in [0.25, 0.3) is 15.9 Å². The number of amides is 2. The molecule has 1 N–H and O–H groups in total. The summed E-state index contributed by atoms with van der Waals surface area (Å²) in [5.74, 6) is -0.187. The van der Waals surface area contributed by atoms with E-state index in [4.69, 9.17) is 4.74 Å². The summed E-state index contributed by atoms with van der Waals surface area (Å²) < 4.78 is 33.1. The zero-order valence-electron chi connectivity index (χ0n) is 20.0. The van der Waals surface area contributed by atoms with Gasteiger partial charge in [0, 0.05) is 25.2 Å². The van der Waals surface area contributed by atoms with Crippen molar-refractivity contribution in [2.24, 2.45) is 0 Å². The highest BCUT2D eigenvalue weighted by Gasteiger charge is 2.51. The maximum Gasteiger partial charge on any atom is 0.410 e. The van der Waals surface area contributed by atoms with Crippen molar-refractivity contribution in [3.05, 3.63) is 48.8 Å². The second-order valence-corrected chi connectivity index (χ2v) is 11.7.